The summed E-state index contributed by atoms with van der Waals surface area (Å²) in [5.74, 6) is 0.962. The van der Waals surface area contributed by atoms with Gasteiger partial charge in [0.15, 0.2) is 0 Å². The van der Waals surface area contributed by atoms with Crippen LogP contribution in [0.5, 0.6) is 0 Å². The Morgan fingerprint density at radius 1 is 1.00 bits per heavy atom. The minimum absolute atomic E-state index is 0.118. The van der Waals surface area contributed by atoms with E-state index in [1.54, 1.807) is 12.4 Å². The predicted molar refractivity (Wildman–Crippen MR) is 122 cm³/mol. The van der Waals surface area contributed by atoms with Crippen molar-refractivity contribution in [1.29, 1.82) is 5.41 Å². The van der Waals surface area contributed by atoms with Crippen molar-refractivity contribution >= 4 is 17.6 Å². The van der Waals surface area contributed by atoms with E-state index in [1.807, 2.05) is 17.0 Å². The highest BCUT2D eigenvalue weighted by Crippen LogP contribution is 2.26. The van der Waals surface area contributed by atoms with Crippen LogP contribution in [0.25, 0.3) is 0 Å². The molecule has 0 radical (unpaired) electrons. The fourth-order valence-corrected chi connectivity index (χ4v) is 4.66. The van der Waals surface area contributed by atoms with Crippen molar-refractivity contribution in [1.82, 2.24) is 19.8 Å². The van der Waals surface area contributed by atoms with Crippen LogP contribution in [0.2, 0.25) is 0 Å². The molecule has 0 bridgehead atoms. The smallest absolute Gasteiger partial charge is 0.225 e. The Morgan fingerprint density at radius 2 is 1.58 bits per heavy atom. The van der Waals surface area contributed by atoms with Crippen molar-refractivity contribution in [2.24, 2.45) is 11.8 Å². The molecule has 2 aliphatic rings. The van der Waals surface area contributed by atoms with E-state index >= 15 is 0 Å². The molecule has 31 heavy (non-hydrogen) atoms. The summed E-state index contributed by atoms with van der Waals surface area (Å²) >= 11 is 0. The number of benzene rings is 1. The van der Waals surface area contributed by atoms with Gasteiger partial charge in [-0.25, -0.2) is 9.97 Å². The summed E-state index contributed by atoms with van der Waals surface area (Å²) in [7, 11) is 0. The van der Waals surface area contributed by atoms with Crippen LogP contribution in [0.15, 0.2) is 36.7 Å². The second kappa shape index (κ2) is 9.56. The molecule has 2 aromatic rings. The number of carbonyl (C=O) groups is 1. The highest BCUT2D eigenvalue weighted by atomic mass is 16.2. The number of anilines is 1. The number of aromatic nitrogens is 2. The molecule has 0 atom stereocenters. The average Bonchev–Trinajstić information content (AvgIpc) is 2.81. The van der Waals surface area contributed by atoms with E-state index in [0.717, 1.165) is 69.5 Å². The molecule has 4 rings (SSSR count). The topological polar surface area (TPSA) is 99.2 Å². The maximum Gasteiger partial charge on any atom is 0.225 e. The molecule has 0 saturated carbocycles. The summed E-state index contributed by atoms with van der Waals surface area (Å²) in [6, 6.07) is 8.21. The van der Waals surface area contributed by atoms with Gasteiger partial charge in [0.25, 0.3) is 0 Å². The first-order valence-corrected chi connectivity index (χ1v) is 11.2. The quantitative estimate of drug-likeness (QED) is 0.725. The highest BCUT2D eigenvalue weighted by Gasteiger charge is 2.32. The predicted octanol–water partition coefficient (Wildman–Crippen LogP) is 2.89. The molecule has 1 aromatic heterocycles. The summed E-state index contributed by atoms with van der Waals surface area (Å²) in [5, 5.41) is 8.56. The Kier molecular flexibility index (Phi) is 6.61. The Balaban J connectivity index is 1.23. The van der Waals surface area contributed by atoms with Crippen LogP contribution in [0.4, 0.5) is 5.95 Å². The van der Waals surface area contributed by atoms with Gasteiger partial charge < -0.3 is 16.0 Å². The summed E-state index contributed by atoms with van der Waals surface area (Å²) < 4.78 is 0. The largest absolute Gasteiger partial charge is 0.368 e. The van der Waals surface area contributed by atoms with Crippen LogP contribution in [0.1, 0.15) is 42.4 Å². The fourth-order valence-electron chi connectivity index (χ4n) is 4.66. The molecule has 0 spiro atoms. The van der Waals surface area contributed by atoms with E-state index in [-0.39, 0.29) is 11.8 Å². The third-order valence-corrected chi connectivity index (χ3v) is 6.65. The number of aryl methyl sites for hydroxylation is 1. The van der Waals surface area contributed by atoms with Crippen molar-refractivity contribution in [2.75, 3.05) is 31.9 Å². The number of hydrogen-bond donors (Lipinski definition) is 2. The Hall–Kier alpha value is -2.80. The molecule has 7 heteroatoms. The molecule has 1 amide bonds. The van der Waals surface area contributed by atoms with Gasteiger partial charge in [0.1, 0.15) is 0 Å². The molecule has 0 aliphatic carbocycles. The Labute approximate surface area is 184 Å². The van der Waals surface area contributed by atoms with Gasteiger partial charge in [-0.15, -0.1) is 0 Å². The number of piperidine rings is 2. The Morgan fingerprint density at radius 3 is 2.19 bits per heavy atom. The molecule has 2 aliphatic heterocycles. The first-order valence-electron chi connectivity index (χ1n) is 11.2. The van der Waals surface area contributed by atoms with Crippen molar-refractivity contribution in [2.45, 2.75) is 39.2 Å². The molecule has 2 fully saturated rings. The molecule has 164 valence electrons. The number of hydrogen-bond acceptors (Lipinski definition) is 6. The normalized spacial score (nSPS) is 18.8. The minimum atomic E-state index is 0.118. The number of nitrogens with two attached hydrogens (primary N) is 1. The van der Waals surface area contributed by atoms with Gasteiger partial charge in [0.05, 0.1) is 0 Å². The van der Waals surface area contributed by atoms with Gasteiger partial charge >= 0.3 is 0 Å². The SMILES string of the molecule is Cc1ccc(C(=N)C2CCN(C(=O)C3CCN(Cc4cnc(N)nc4)CC3)CC2)cc1. The van der Waals surface area contributed by atoms with Crippen molar-refractivity contribution in [3.63, 3.8) is 0 Å². The summed E-state index contributed by atoms with van der Waals surface area (Å²) in [4.78, 5) is 25.6. The average molecular weight is 421 g/mol. The van der Waals surface area contributed by atoms with Crippen LogP contribution in [-0.4, -0.2) is 57.6 Å². The molecule has 2 saturated heterocycles. The van der Waals surface area contributed by atoms with Gasteiger partial charge in [0.2, 0.25) is 11.9 Å². The van der Waals surface area contributed by atoms with E-state index in [4.69, 9.17) is 11.1 Å². The first kappa shape index (κ1) is 21.4. The second-order valence-corrected chi connectivity index (χ2v) is 8.88. The second-order valence-electron chi connectivity index (χ2n) is 8.88. The number of rotatable bonds is 5. The zero-order chi connectivity index (χ0) is 21.8. The number of nitrogen functional groups attached to an aromatic ring is 1. The lowest BCUT2D eigenvalue weighted by Gasteiger charge is -2.37. The lowest BCUT2D eigenvalue weighted by molar-refractivity contribution is -0.138. The highest BCUT2D eigenvalue weighted by molar-refractivity contribution is 6.00. The summed E-state index contributed by atoms with van der Waals surface area (Å²) in [5.41, 5.74) is 9.54. The fraction of sp³-hybridized carbons (Fsp3) is 0.500. The van der Waals surface area contributed by atoms with E-state index in [2.05, 4.69) is 33.9 Å². The number of likely N-dealkylation sites (tertiary alicyclic amines) is 2. The van der Waals surface area contributed by atoms with Crippen LogP contribution >= 0.6 is 0 Å². The molecule has 7 nitrogen and oxygen atoms in total. The molecule has 3 N–H and O–H groups in total. The molecule has 3 heterocycles. The van der Waals surface area contributed by atoms with Crippen molar-refractivity contribution in [3.05, 3.63) is 53.3 Å². The van der Waals surface area contributed by atoms with Crippen molar-refractivity contribution < 1.29 is 4.79 Å². The molecular formula is C24H32N6O. The van der Waals surface area contributed by atoms with E-state index in [0.29, 0.717) is 17.6 Å². The third kappa shape index (κ3) is 5.28. The van der Waals surface area contributed by atoms with Gasteiger partial charge in [-0.3, -0.25) is 9.69 Å². The van der Waals surface area contributed by atoms with Crippen LogP contribution in [0, 0.1) is 24.2 Å². The van der Waals surface area contributed by atoms with Gasteiger partial charge in [-0.05, 0) is 51.3 Å². The van der Waals surface area contributed by atoms with Crippen LogP contribution in [-0.2, 0) is 11.3 Å². The number of nitrogens with zero attached hydrogens (tertiary/aromatic N) is 4. The monoisotopic (exact) mass is 420 g/mol. The van der Waals surface area contributed by atoms with Crippen LogP contribution in [0.3, 0.4) is 0 Å². The minimum Gasteiger partial charge on any atom is -0.368 e. The van der Waals surface area contributed by atoms with Crippen LogP contribution < -0.4 is 5.73 Å². The lowest BCUT2D eigenvalue weighted by atomic mass is 9.87. The number of amides is 1. The zero-order valence-corrected chi connectivity index (χ0v) is 18.3. The number of nitrogens with one attached hydrogen (secondary N) is 1. The summed E-state index contributed by atoms with van der Waals surface area (Å²) in [6.07, 6.45) is 7.11. The molecular weight excluding hydrogens is 388 g/mol. The van der Waals surface area contributed by atoms with Gasteiger partial charge in [0, 0.05) is 55.1 Å². The number of carbonyl (C=O) groups excluding carboxylic acids is 1. The first-order chi connectivity index (χ1) is 15.0. The van der Waals surface area contributed by atoms with E-state index in [1.165, 1.54) is 5.56 Å². The Bertz CT molecular complexity index is 895. The maximum absolute atomic E-state index is 13.1. The van der Waals surface area contributed by atoms with Gasteiger partial charge in [-0.1, -0.05) is 29.8 Å². The molecule has 0 unspecified atom stereocenters. The zero-order valence-electron chi connectivity index (χ0n) is 18.3. The van der Waals surface area contributed by atoms with Crippen molar-refractivity contribution in [3.8, 4) is 0 Å². The van der Waals surface area contributed by atoms with Gasteiger partial charge in [-0.2, -0.15) is 0 Å². The maximum atomic E-state index is 13.1. The molecule has 1 aromatic carbocycles. The standard InChI is InChI=1S/C24H32N6O/c1-17-2-4-19(5-3-17)22(25)20-8-12-30(13-9-20)23(31)21-6-10-29(11-7-21)16-18-14-27-24(26)28-15-18/h2-5,14-15,20-21,25H,6-13,16H2,1H3,(H2,26,27,28). The lowest BCUT2D eigenvalue weighted by Crippen LogP contribution is -2.46. The van der Waals surface area contributed by atoms with E-state index < -0.39 is 0 Å². The third-order valence-electron chi connectivity index (χ3n) is 6.65. The van der Waals surface area contributed by atoms with E-state index in [9.17, 15) is 4.79 Å². The summed E-state index contributed by atoms with van der Waals surface area (Å²) in [6.45, 7) is 6.22.